The summed E-state index contributed by atoms with van der Waals surface area (Å²) in [5, 5.41) is 0. The van der Waals surface area contributed by atoms with Crippen LogP contribution in [0.15, 0.2) is 27.4 Å². The number of nitrogens with two attached hydrogens (primary N) is 1. The first-order valence-electron chi connectivity index (χ1n) is 6.59. The summed E-state index contributed by atoms with van der Waals surface area (Å²) in [5.74, 6) is 0.143. The van der Waals surface area contributed by atoms with Gasteiger partial charge >= 0.3 is 5.76 Å². The van der Waals surface area contributed by atoms with E-state index in [4.69, 9.17) is 10.2 Å². The fourth-order valence-corrected chi connectivity index (χ4v) is 2.04. The van der Waals surface area contributed by atoms with Crippen LogP contribution in [-0.4, -0.2) is 30.0 Å². The van der Waals surface area contributed by atoms with Crippen LogP contribution < -0.4 is 11.5 Å². The van der Waals surface area contributed by atoms with E-state index in [1.54, 1.807) is 0 Å². The van der Waals surface area contributed by atoms with E-state index < -0.39 is 5.76 Å². The monoisotopic (exact) mass is 263 g/mol. The fourth-order valence-electron chi connectivity index (χ4n) is 2.04. The van der Waals surface area contributed by atoms with Gasteiger partial charge in [0, 0.05) is 6.54 Å². The van der Waals surface area contributed by atoms with E-state index in [1.807, 2.05) is 18.2 Å². The predicted octanol–water partition coefficient (Wildman–Crippen LogP) is 1.54. The summed E-state index contributed by atoms with van der Waals surface area (Å²) in [4.78, 5) is 16.0. The normalized spacial score (nSPS) is 13.3. The third-order valence-electron chi connectivity index (χ3n) is 3.34. The van der Waals surface area contributed by atoms with Crippen molar-refractivity contribution < 1.29 is 4.42 Å². The maximum Gasteiger partial charge on any atom is 0.417 e. The van der Waals surface area contributed by atoms with E-state index in [2.05, 4.69) is 23.9 Å². The lowest BCUT2D eigenvalue weighted by atomic mass is 10.1. The molecule has 0 fully saturated rings. The summed E-state index contributed by atoms with van der Waals surface area (Å²) in [6.07, 6.45) is 1.09. The molecule has 0 radical (unpaired) electrons. The van der Waals surface area contributed by atoms with E-state index >= 15 is 0 Å². The Bertz CT molecular complexity index is 588. The van der Waals surface area contributed by atoms with Crippen LogP contribution in [-0.2, 0) is 6.54 Å². The van der Waals surface area contributed by atoms with Crippen molar-refractivity contribution in [2.75, 3.05) is 20.1 Å². The standard InChI is InChI=1S/C14H21N3O2/c1-10(8-15)5-6-17(2)9-11-3-4-12-13(7-11)19-14(18)16-12/h3-4,7,10H,5-6,8-9,15H2,1-2H3,(H,16,18). The van der Waals surface area contributed by atoms with Crippen LogP contribution in [0.25, 0.3) is 11.1 Å². The van der Waals surface area contributed by atoms with Crippen molar-refractivity contribution in [3.63, 3.8) is 0 Å². The summed E-state index contributed by atoms with van der Waals surface area (Å²) >= 11 is 0. The van der Waals surface area contributed by atoms with Crippen LogP contribution in [0.4, 0.5) is 0 Å². The highest BCUT2D eigenvalue weighted by Gasteiger charge is 2.06. The molecule has 19 heavy (non-hydrogen) atoms. The zero-order chi connectivity index (χ0) is 13.8. The number of hydrogen-bond donors (Lipinski definition) is 2. The lowest BCUT2D eigenvalue weighted by Crippen LogP contribution is -2.23. The van der Waals surface area contributed by atoms with Gasteiger partial charge in [-0.05, 0) is 50.2 Å². The van der Waals surface area contributed by atoms with Crippen molar-refractivity contribution in [3.05, 3.63) is 34.3 Å². The second-order valence-corrected chi connectivity index (χ2v) is 5.21. The van der Waals surface area contributed by atoms with Gasteiger partial charge in [-0.1, -0.05) is 13.0 Å². The molecule has 5 nitrogen and oxygen atoms in total. The van der Waals surface area contributed by atoms with E-state index in [0.29, 0.717) is 11.5 Å². The van der Waals surface area contributed by atoms with Gasteiger partial charge in [-0.2, -0.15) is 0 Å². The number of rotatable bonds is 6. The van der Waals surface area contributed by atoms with E-state index in [-0.39, 0.29) is 0 Å². The average Bonchev–Trinajstić information content (AvgIpc) is 2.75. The summed E-state index contributed by atoms with van der Waals surface area (Å²) in [5.41, 5.74) is 8.11. The molecule has 104 valence electrons. The Morgan fingerprint density at radius 1 is 1.47 bits per heavy atom. The second kappa shape index (κ2) is 6.04. The molecular weight excluding hydrogens is 242 g/mol. The number of hydrogen-bond acceptors (Lipinski definition) is 4. The van der Waals surface area contributed by atoms with E-state index in [1.165, 1.54) is 0 Å². The summed E-state index contributed by atoms with van der Waals surface area (Å²) in [6.45, 7) is 4.73. The highest BCUT2D eigenvalue weighted by atomic mass is 16.4. The summed E-state index contributed by atoms with van der Waals surface area (Å²) in [6, 6.07) is 5.80. The van der Waals surface area contributed by atoms with Gasteiger partial charge in [-0.3, -0.25) is 4.98 Å². The minimum Gasteiger partial charge on any atom is -0.408 e. The number of benzene rings is 1. The molecule has 0 bridgehead atoms. The Morgan fingerprint density at radius 2 is 2.26 bits per heavy atom. The first-order chi connectivity index (χ1) is 9.08. The van der Waals surface area contributed by atoms with Gasteiger partial charge in [-0.15, -0.1) is 0 Å². The van der Waals surface area contributed by atoms with Crippen molar-refractivity contribution in [1.82, 2.24) is 9.88 Å². The van der Waals surface area contributed by atoms with E-state index in [0.717, 1.165) is 37.1 Å². The average molecular weight is 263 g/mol. The molecule has 1 aromatic carbocycles. The Hall–Kier alpha value is -1.59. The smallest absolute Gasteiger partial charge is 0.408 e. The molecule has 0 saturated carbocycles. The van der Waals surface area contributed by atoms with Crippen LogP contribution in [0.1, 0.15) is 18.9 Å². The van der Waals surface area contributed by atoms with Crippen LogP contribution in [0.2, 0.25) is 0 Å². The second-order valence-electron chi connectivity index (χ2n) is 5.21. The minimum atomic E-state index is -0.405. The summed E-state index contributed by atoms with van der Waals surface area (Å²) < 4.78 is 5.06. The molecule has 0 saturated heterocycles. The number of aromatic amines is 1. The Labute approximate surface area is 112 Å². The molecule has 2 rings (SSSR count). The molecule has 0 aliphatic rings. The van der Waals surface area contributed by atoms with Crippen LogP contribution in [0.5, 0.6) is 0 Å². The van der Waals surface area contributed by atoms with Gasteiger partial charge in [-0.25, -0.2) is 4.79 Å². The molecule has 3 N–H and O–H groups in total. The molecule has 5 heteroatoms. The topological polar surface area (TPSA) is 75.3 Å². The summed E-state index contributed by atoms with van der Waals surface area (Å²) in [7, 11) is 2.08. The fraction of sp³-hybridized carbons (Fsp3) is 0.500. The molecule has 0 spiro atoms. The highest BCUT2D eigenvalue weighted by molar-refractivity contribution is 5.72. The molecule has 0 aliphatic heterocycles. The Kier molecular flexibility index (Phi) is 4.39. The van der Waals surface area contributed by atoms with Crippen LogP contribution in [0, 0.1) is 5.92 Å². The third kappa shape index (κ3) is 3.68. The lowest BCUT2D eigenvalue weighted by Gasteiger charge is -2.18. The number of oxazole rings is 1. The van der Waals surface area contributed by atoms with Gasteiger partial charge in [0.05, 0.1) is 5.52 Å². The SMILES string of the molecule is CC(CN)CCN(C)Cc1ccc2[nH]c(=O)oc2c1. The lowest BCUT2D eigenvalue weighted by molar-refractivity contribution is 0.300. The minimum absolute atomic E-state index is 0.405. The number of nitrogens with one attached hydrogen (secondary N) is 1. The highest BCUT2D eigenvalue weighted by Crippen LogP contribution is 2.14. The van der Waals surface area contributed by atoms with Gasteiger partial charge in [0.25, 0.3) is 0 Å². The van der Waals surface area contributed by atoms with Crippen molar-refractivity contribution in [2.45, 2.75) is 19.9 Å². The molecule has 0 amide bonds. The zero-order valence-corrected chi connectivity index (χ0v) is 11.5. The number of H-pyrrole nitrogens is 1. The Morgan fingerprint density at radius 3 is 3.00 bits per heavy atom. The zero-order valence-electron chi connectivity index (χ0n) is 11.5. The van der Waals surface area contributed by atoms with E-state index in [9.17, 15) is 4.79 Å². The predicted molar refractivity (Wildman–Crippen MR) is 76.0 cm³/mol. The number of nitrogens with zero attached hydrogens (tertiary/aromatic N) is 1. The van der Waals surface area contributed by atoms with Crippen LogP contribution in [0.3, 0.4) is 0 Å². The molecular formula is C14H21N3O2. The van der Waals surface area contributed by atoms with Crippen LogP contribution >= 0.6 is 0 Å². The molecule has 0 aliphatic carbocycles. The largest absolute Gasteiger partial charge is 0.417 e. The van der Waals surface area contributed by atoms with Crippen molar-refractivity contribution in [2.24, 2.45) is 11.7 Å². The quantitative estimate of drug-likeness (QED) is 0.829. The van der Waals surface area contributed by atoms with Crippen molar-refractivity contribution >= 4 is 11.1 Å². The van der Waals surface area contributed by atoms with Gasteiger partial charge < -0.3 is 15.1 Å². The van der Waals surface area contributed by atoms with Crippen molar-refractivity contribution in [3.8, 4) is 0 Å². The van der Waals surface area contributed by atoms with Gasteiger partial charge in [0.1, 0.15) is 0 Å². The maximum absolute atomic E-state index is 11.1. The first-order valence-corrected chi connectivity index (χ1v) is 6.59. The van der Waals surface area contributed by atoms with Gasteiger partial charge in [0.15, 0.2) is 5.58 Å². The molecule has 1 atom stereocenters. The number of fused-ring (bicyclic) bond motifs is 1. The third-order valence-corrected chi connectivity index (χ3v) is 3.34. The molecule has 1 unspecified atom stereocenters. The molecule has 1 heterocycles. The maximum atomic E-state index is 11.1. The van der Waals surface area contributed by atoms with Gasteiger partial charge in [0.2, 0.25) is 0 Å². The van der Waals surface area contributed by atoms with Crippen molar-refractivity contribution in [1.29, 1.82) is 0 Å². The molecule has 1 aromatic heterocycles. The Balaban J connectivity index is 1.98. The first kappa shape index (κ1) is 13.8. The number of aromatic nitrogens is 1. The molecule has 2 aromatic rings.